The Kier molecular flexibility index (Phi) is 6.10. The number of halogens is 1. The molecule has 1 fully saturated rings. The predicted molar refractivity (Wildman–Crippen MR) is 81.5 cm³/mol. The zero-order chi connectivity index (χ0) is 13.0. The van der Waals surface area contributed by atoms with Crippen LogP contribution < -0.4 is 10.0 Å². The van der Waals surface area contributed by atoms with Crippen LogP contribution in [-0.4, -0.2) is 27.8 Å². The Balaban J connectivity index is 0.00000180. The van der Waals surface area contributed by atoms with Crippen molar-refractivity contribution < 1.29 is 8.42 Å². The summed E-state index contributed by atoms with van der Waals surface area (Å²) >= 11 is 0. The predicted octanol–water partition coefficient (Wildman–Crippen LogP) is 2.02. The second-order valence-corrected chi connectivity index (χ2v) is 6.72. The fourth-order valence-corrected chi connectivity index (χ4v) is 2.91. The highest BCUT2D eigenvalue weighted by molar-refractivity contribution is 7.92. The third-order valence-corrected chi connectivity index (χ3v) is 3.85. The van der Waals surface area contributed by atoms with Crippen LogP contribution in [0.1, 0.15) is 18.4 Å². The molecule has 0 unspecified atom stereocenters. The van der Waals surface area contributed by atoms with Crippen molar-refractivity contribution in [3.05, 3.63) is 29.8 Å². The summed E-state index contributed by atoms with van der Waals surface area (Å²) < 4.78 is 24.6. The SMILES string of the molecule is CS(=O)(=O)Nc1ccc(CC2CCNCC2)cc1.Cl. The lowest BCUT2D eigenvalue weighted by Crippen LogP contribution is -2.28. The number of hydrogen-bond donors (Lipinski definition) is 2. The van der Waals surface area contributed by atoms with Gasteiger partial charge in [-0.3, -0.25) is 4.72 Å². The van der Waals surface area contributed by atoms with E-state index in [1.54, 1.807) is 0 Å². The van der Waals surface area contributed by atoms with Gasteiger partial charge in [0.05, 0.1) is 6.26 Å². The Morgan fingerprint density at radius 2 is 1.79 bits per heavy atom. The van der Waals surface area contributed by atoms with E-state index < -0.39 is 10.0 Å². The zero-order valence-electron chi connectivity index (χ0n) is 11.1. The van der Waals surface area contributed by atoms with Crippen molar-refractivity contribution in [2.75, 3.05) is 24.1 Å². The average molecular weight is 305 g/mol. The Morgan fingerprint density at radius 3 is 2.32 bits per heavy atom. The highest BCUT2D eigenvalue weighted by atomic mass is 35.5. The summed E-state index contributed by atoms with van der Waals surface area (Å²) in [6.07, 6.45) is 4.70. The average Bonchev–Trinajstić information content (AvgIpc) is 2.31. The Bertz CT molecular complexity index is 482. The molecule has 6 heteroatoms. The van der Waals surface area contributed by atoms with Crippen LogP contribution in [0.2, 0.25) is 0 Å². The van der Waals surface area contributed by atoms with Gasteiger partial charge in [0.25, 0.3) is 0 Å². The van der Waals surface area contributed by atoms with Gasteiger partial charge in [0.1, 0.15) is 0 Å². The Labute approximate surface area is 121 Å². The minimum Gasteiger partial charge on any atom is -0.317 e. The highest BCUT2D eigenvalue weighted by Crippen LogP contribution is 2.19. The van der Waals surface area contributed by atoms with Gasteiger partial charge in [-0.25, -0.2) is 8.42 Å². The lowest BCUT2D eigenvalue weighted by Gasteiger charge is -2.22. The molecule has 0 aliphatic carbocycles. The first-order chi connectivity index (χ1) is 8.53. The second kappa shape index (κ2) is 7.12. The number of rotatable bonds is 4. The molecule has 0 amide bonds. The molecule has 1 aliphatic rings. The number of hydrogen-bond acceptors (Lipinski definition) is 3. The third kappa shape index (κ3) is 5.80. The molecular formula is C13H21ClN2O2S. The second-order valence-electron chi connectivity index (χ2n) is 4.97. The summed E-state index contributed by atoms with van der Waals surface area (Å²) in [6.45, 7) is 2.22. The van der Waals surface area contributed by atoms with Crippen molar-refractivity contribution in [3.8, 4) is 0 Å². The van der Waals surface area contributed by atoms with E-state index in [2.05, 4.69) is 10.0 Å². The highest BCUT2D eigenvalue weighted by Gasteiger charge is 2.13. The summed E-state index contributed by atoms with van der Waals surface area (Å²) in [7, 11) is -3.18. The normalized spacial score (nSPS) is 16.7. The molecule has 2 rings (SSSR count). The zero-order valence-corrected chi connectivity index (χ0v) is 12.7. The van der Waals surface area contributed by atoms with E-state index in [1.165, 1.54) is 18.4 Å². The van der Waals surface area contributed by atoms with E-state index >= 15 is 0 Å². The van der Waals surface area contributed by atoms with Crippen molar-refractivity contribution >= 4 is 28.1 Å². The molecule has 0 radical (unpaired) electrons. The lowest BCUT2D eigenvalue weighted by molar-refractivity contribution is 0.372. The number of sulfonamides is 1. The molecule has 19 heavy (non-hydrogen) atoms. The fourth-order valence-electron chi connectivity index (χ4n) is 2.34. The molecule has 0 atom stereocenters. The third-order valence-electron chi connectivity index (χ3n) is 3.24. The van der Waals surface area contributed by atoms with Crippen molar-refractivity contribution in [1.29, 1.82) is 0 Å². The molecule has 108 valence electrons. The van der Waals surface area contributed by atoms with E-state index in [0.717, 1.165) is 31.7 Å². The summed E-state index contributed by atoms with van der Waals surface area (Å²) in [4.78, 5) is 0. The van der Waals surface area contributed by atoms with E-state index in [-0.39, 0.29) is 12.4 Å². The quantitative estimate of drug-likeness (QED) is 0.895. The van der Waals surface area contributed by atoms with Crippen molar-refractivity contribution in [3.63, 3.8) is 0 Å². The summed E-state index contributed by atoms with van der Waals surface area (Å²) in [6, 6.07) is 7.68. The van der Waals surface area contributed by atoms with Crippen LogP contribution in [0.4, 0.5) is 5.69 Å². The molecule has 0 bridgehead atoms. The van der Waals surface area contributed by atoms with Crippen LogP contribution in [0.5, 0.6) is 0 Å². The topological polar surface area (TPSA) is 58.2 Å². The maximum atomic E-state index is 11.1. The Hall–Kier alpha value is -0.780. The Morgan fingerprint density at radius 1 is 1.21 bits per heavy atom. The van der Waals surface area contributed by atoms with E-state index in [4.69, 9.17) is 0 Å². The number of piperidine rings is 1. The molecule has 1 saturated heterocycles. The van der Waals surface area contributed by atoms with Crippen molar-refractivity contribution in [2.24, 2.45) is 5.92 Å². The largest absolute Gasteiger partial charge is 0.317 e. The molecule has 2 N–H and O–H groups in total. The molecule has 1 aromatic rings. The van der Waals surface area contributed by atoms with Crippen molar-refractivity contribution in [1.82, 2.24) is 5.32 Å². The van der Waals surface area contributed by atoms with Crippen LogP contribution in [-0.2, 0) is 16.4 Å². The number of nitrogens with one attached hydrogen (secondary N) is 2. The monoisotopic (exact) mass is 304 g/mol. The van der Waals surface area contributed by atoms with Gasteiger partial charge in [-0.05, 0) is 56.0 Å². The first kappa shape index (κ1) is 16.3. The van der Waals surface area contributed by atoms with Crippen LogP contribution in [0.15, 0.2) is 24.3 Å². The van der Waals surface area contributed by atoms with Crippen LogP contribution in [0.25, 0.3) is 0 Å². The van der Waals surface area contributed by atoms with Gasteiger partial charge in [0.15, 0.2) is 0 Å². The van der Waals surface area contributed by atoms with Crippen LogP contribution in [0, 0.1) is 5.92 Å². The van der Waals surface area contributed by atoms with Crippen LogP contribution >= 0.6 is 12.4 Å². The van der Waals surface area contributed by atoms with Crippen molar-refractivity contribution in [2.45, 2.75) is 19.3 Å². The summed E-state index contributed by atoms with van der Waals surface area (Å²) in [5.41, 5.74) is 1.91. The minimum atomic E-state index is -3.18. The van der Waals surface area contributed by atoms with E-state index in [9.17, 15) is 8.42 Å². The minimum absolute atomic E-state index is 0. The van der Waals surface area contributed by atoms with Gasteiger partial charge in [0.2, 0.25) is 10.0 Å². The van der Waals surface area contributed by atoms with Gasteiger partial charge >= 0.3 is 0 Å². The van der Waals surface area contributed by atoms with E-state index in [0.29, 0.717) is 5.69 Å². The van der Waals surface area contributed by atoms with Crippen LogP contribution in [0.3, 0.4) is 0 Å². The molecule has 0 spiro atoms. The molecule has 0 aromatic heterocycles. The fraction of sp³-hybridized carbons (Fsp3) is 0.538. The molecule has 1 aliphatic heterocycles. The van der Waals surface area contributed by atoms with Gasteiger partial charge < -0.3 is 5.32 Å². The van der Waals surface area contributed by atoms with Gasteiger partial charge in [-0.1, -0.05) is 12.1 Å². The van der Waals surface area contributed by atoms with Gasteiger partial charge in [0, 0.05) is 5.69 Å². The smallest absolute Gasteiger partial charge is 0.229 e. The molecular weight excluding hydrogens is 284 g/mol. The van der Waals surface area contributed by atoms with Gasteiger partial charge in [-0.15, -0.1) is 12.4 Å². The van der Waals surface area contributed by atoms with Gasteiger partial charge in [-0.2, -0.15) is 0 Å². The summed E-state index contributed by atoms with van der Waals surface area (Å²) in [5, 5.41) is 3.36. The molecule has 0 saturated carbocycles. The lowest BCUT2D eigenvalue weighted by atomic mass is 9.91. The molecule has 1 heterocycles. The number of benzene rings is 1. The molecule has 4 nitrogen and oxygen atoms in total. The standard InChI is InChI=1S/C13H20N2O2S.ClH/c1-18(16,17)15-13-4-2-11(3-5-13)10-12-6-8-14-9-7-12;/h2-5,12,14-15H,6-10H2,1H3;1H. The first-order valence-electron chi connectivity index (χ1n) is 6.30. The summed E-state index contributed by atoms with van der Waals surface area (Å²) in [5.74, 6) is 0.750. The van der Waals surface area contributed by atoms with E-state index in [1.807, 2.05) is 24.3 Å². The molecule has 1 aromatic carbocycles. The maximum absolute atomic E-state index is 11.1. The number of anilines is 1. The first-order valence-corrected chi connectivity index (χ1v) is 8.19. The maximum Gasteiger partial charge on any atom is 0.229 e.